The van der Waals surface area contributed by atoms with Crippen molar-refractivity contribution in [2.45, 2.75) is 62.9 Å². The van der Waals surface area contributed by atoms with E-state index in [4.69, 9.17) is 30.5 Å². The van der Waals surface area contributed by atoms with Gasteiger partial charge in [0.25, 0.3) is 5.91 Å². The van der Waals surface area contributed by atoms with Gasteiger partial charge in [-0.25, -0.2) is 17.9 Å². The smallest absolute Gasteiger partial charge is 0.256 e. The van der Waals surface area contributed by atoms with E-state index in [1.807, 2.05) is 57.2 Å². The summed E-state index contributed by atoms with van der Waals surface area (Å²) in [6.45, 7) is 6.12. The fraction of sp³-hybridized carbons (Fsp3) is 0.364. The van der Waals surface area contributed by atoms with E-state index in [1.165, 1.54) is 18.0 Å². The van der Waals surface area contributed by atoms with E-state index in [9.17, 15) is 18.0 Å². The van der Waals surface area contributed by atoms with Crippen LogP contribution in [-0.2, 0) is 29.2 Å². The monoisotopic (exact) mass is 656 g/mol. The molecule has 1 unspecified atom stereocenters. The number of benzene rings is 3. The van der Waals surface area contributed by atoms with Crippen LogP contribution in [0.15, 0.2) is 66.9 Å². The Bertz CT molecular complexity index is 1710. The molecule has 1 aromatic heterocycles. The summed E-state index contributed by atoms with van der Waals surface area (Å²) in [6, 6.07) is 15.4. The van der Waals surface area contributed by atoms with Gasteiger partial charge >= 0.3 is 0 Å². The number of ether oxygens (including phenoxy) is 4. The molecule has 242 valence electrons. The number of hydrogen-bond donors (Lipinski definition) is 1. The lowest BCUT2D eigenvalue weighted by atomic mass is 9.85. The number of amides is 1. The van der Waals surface area contributed by atoms with Gasteiger partial charge in [0, 0.05) is 28.9 Å². The van der Waals surface area contributed by atoms with Crippen LogP contribution in [0.4, 0.5) is 18.9 Å². The topological polar surface area (TPSA) is 96.7 Å². The quantitative estimate of drug-likeness (QED) is 0.240. The molecule has 0 spiro atoms. The largest absolute Gasteiger partial charge is 0.376 e. The number of nitrogens with one attached hydrogen (secondary N) is 1. The van der Waals surface area contributed by atoms with Crippen molar-refractivity contribution in [2.75, 3.05) is 19.0 Å². The highest BCUT2D eigenvalue weighted by molar-refractivity contribution is 6.31. The maximum Gasteiger partial charge on any atom is 0.256 e. The summed E-state index contributed by atoms with van der Waals surface area (Å²) in [4.78, 5) is 14.0. The Kier molecular flexibility index (Phi) is 8.92. The molecule has 2 aliphatic heterocycles. The number of halogens is 4. The Labute approximate surface area is 268 Å². The lowest BCUT2D eigenvalue weighted by molar-refractivity contribution is -0.314. The molecular formula is C33H32ClF3N4O5. The summed E-state index contributed by atoms with van der Waals surface area (Å²) in [5, 5.41) is 11.8. The molecule has 0 bridgehead atoms. The number of nitrogens with zero attached hydrogens (tertiary/aromatic N) is 3. The summed E-state index contributed by atoms with van der Waals surface area (Å²) in [5.74, 6) is -4.82. The van der Waals surface area contributed by atoms with Crippen molar-refractivity contribution in [1.82, 2.24) is 15.0 Å². The van der Waals surface area contributed by atoms with Crippen LogP contribution >= 0.6 is 11.6 Å². The van der Waals surface area contributed by atoms with Crippen LogP contribution in [-0.4, -0.2) is 59.0 Å². The summed E-state index contributed by atoms with van der Waals surface area (Å²) < 4.78 is 68.0. The van der Waals surface area contributed by atoms with E-state index >= 15 is 0 Å². The third-order valence-corrected chi connectivity index (χ3v) is 8.33. The van der Waals surface area contributed by atoms with Gasteiger partial charge in [-0.1, -0.05) is 74.0 Å². The Morgan fingerprint density at radius 3 is 2.43 bits per heavy atom. The average molecular weight is 657 g/mol. The number of anilines is 1. The van der Waals surface area contributed by atoms with Crippen LogP contribution in [0.5, 0.6) is 0 Å². The molecule has 9 nitrogen and oxygen atoms in total. The van der Waals surface area contributed by atoms with E-state index < -0.39 is 60.1 Å². The van der Waals surface area contributed by atoms with Gasteiger partial charge in [-0.15, -0.1) is 5.10 Å². The molecule has 46 heavy (non-hydrogen) atoms. The molecule has 2 aliphatic rings. The molecule has 1 amide bonds. The summed E-state index contributed by atoms with van der Waals surface area (Å²) in [5.41, 5.74) is 1.87. The van der Waals surface area contributed by atoms with Crippen molar-refractivity contribution in [3.8, 4) is 11.3 Å². The van der Waals surface area contributed by atoms with Gasteiger partial charge in [0.2, 0.25) is 0 Å². The van der Waals surface area contributed by atoms with Gasteiger partial charge in [0.15, 0.2) is 29.8 Å². The van der Waals surface area contributed by atoms with E-state index in [0.29, 0.717) is 10.7 Å². The first-order chi connectivity index (χ1) is 21.9. The predicted molar refractivity (Wildman–Crippen MR) is 163 cm³/mol. The first-order valence-electron chi connectivity index (χ1n) is 14.6. The lowest BCUT2D eigenvalue weighted by Crippen LogP contribution is -2.62. The minimum Gasteiger partial charge on any atom is -0.376 e. The molecular weight excluding hydrogens is 625 g/mol. The minimum absolute atomic E-state index is 0.0276. The zero-order valence-corrected chi connectivity index (χ0v) is 26.2. The molecule has 4 aromatic rings. The van der Waals surface area contributed by atoms with E-state index in [1.54, 1.807) is 12.1 Å². The Morgan fingerprint density at radius 2 is 1.76 bits per heavy atom. The minimum atomic E-state index is -1.59. The highest BCUT2D eigenvalue weighted by Crippen LogP contribution is 2.41. The second-order valence-electron chi connectivity index (χ2n) is 12.2. The Morgan fingerprint density at radius 1 is 1.04 bits per heavy atom. The fourth-order valence-corrected chi connectivity index (χ4v) is 6.06. The van der Waals surface area contributed by atoms with Crippen molar-refractivity contribution < 1.29 is 36.9 Å². The van der Waals surface area contributed by atoms with Crippen LogP contribution in [0.3, 0.4) is 0 Å². The molecule has 6 atom stereocenters. The molecule has 3 heterocycles. The molecule has 6 rings (SSSR count). The molecule has 1 N–H and O–H groups in total. The number of aromatic nitrogens is 3. The van der Waals surface area contributed by atoms with Crippen LogP contribution in [0.1, 0.15) is 44.2 Å². The number of methoxy groups -OCH3 is 1. The van der Waals surface area contributed by atoms with Crippen molar-refractivity contribution in [3.63, 3.8) is 0 Å². The molecule has 0 saturated carbocycles. The van der Waals surface area contributed by atoms with Gasteiger partial charge in [-0.05, 0) is 35.2 Å². The van der Waals surface area contributed by atoms with Crippen molar-refractivity contribution in [2.24, 2.45) is 0 Å². The maximum absolute atomic E-state index is 14.1. The van der Waals surface area contributed by atoms with E-state index in [-0.39, 0.29) is 23.3 Å². The zero-order valence-electron chi connectivity index (χ0n) is 25.4. The molecule has 13 heteroatoms. The third-order valence-electron chi connectivity index (χ3n) is 8.10. The van der Waals surface area contributed by atoms with Crippen molar-refractivity contribution in [3.05, 3.63) is 100 Å². The van der Waals surface area contributed by atoms with Gasteiger partial charge in [-0.2, -0.15) is 0 Å². The van der Waals surface area contributed by atoms with Crippen LogP contribution in [0.25, 0.3) is 11.3 Å². The van der Waals surface area contributed by atoms with Crippen LogP contribution < -0.4 is 5.32 Å². The Balaban J connectivity index is 1.37. The lowest BCUT2D eigenvalue weighted by Gasteiger charge is -2.48. The number of carbonyl (C=O) groups is 1. The SMILES string of the molecule is CO[C@@H]1[C@@H](n2cc(-c3cc(F)c(F)c(F)c3)nn2)[C@H]2OC(c3ccccc3)OC[C@H]2O[C@H]1C(=O)Nc1cc(Cl)ccc1C(C)(C)C. The highest BCUT2D eigenvalue weighted by Gasteiger charge is 2.53. The number of rotatable bonds is 6. The number of fused-ring (bicyclic) bond motifs is 1. The maximum atomic E-state index is 14.1. The van der Waals surface area contributed by atoms with Crippen molar-refractivity contribution >= 4 is 23.2 Å². The first-order valence-corrected chi connectivity index (χ1v) is 15.0. The fourth-order valence-electron chi connectivity index (χ4n) is 5.89. The molecule has 0 radical (unpaired) electrons. The number of hydrogen-bond acceptors (Lipinski definition) is 7. The normalized spacial score (nSPS) is 24.8. The summed E-state index contributed by atoms with van der Waals surface area (Å²) >= 11 is 6.31. The van der Waals surface area contributed by atoms with Crippen LogP contribution in [0.2, 0.25) is 5.02 Å². The van der Waals surface area contributed by atoms with Gasteiger partial charge in [-0.3, -0.25) is 4.79 Å². The third kappa shape index (κ3) is 6.27. The van der Waals surface area contributed by atoms with E-state index in [0.717, 1.165) is 23.3 Å². The van der Waals surface area contributed by atoms with Gasteiger partial charge in [0.05, 0.1) is 12.8 Å². The van der Waals surface area contributed by atoms with Gasteiger partial charge < -0.3 is 24.3 Å². The first kappa shape index (κ1) is 32.1. The molecule has 0 aliphatic carbocycles. The second-order valence-corrected chi connectivity index (χ2v) is 12.7. The standard InChI is InChI=1S/C33H32ClF3N4O5/c1-33(2,3)20-11-10-19(34)14-23(20)38-31(42)30-29(43-4)27(28-25(45-30)16-44-32(46-28)17-8-6-5-7-9-17)41-15-24(39-40-41)18-12-21(35)26(37)22(36)13-18/h5-15,25,27-30,32H,16H2,1-4H3,(H,38,42)/t25-,27+,28+,29-,30-,32?/m1/s1. The number of carbonyl (C=O) groups excluding carboxylic acids is 1. The molecule has 2 saturated heterocycles. The van der Waals surface area contributed by atoms with Gasteiger partial charge in [0.1, 0.15) is 30.0 Å². The predicted octanol–water partition coefficient (Wildman–Crippen LogP) is 6.39. The van der Waals surface area contributed by atoms with E-state index in [2.05, 4.69) is 15.6 Å². The summed E-state index contributed by atoms with van der Waals surface area (Å²) in [6.07, 6.45) is -3.00. The Hall–Kier alpha value is -3.81. The zero-order chi connectivity index (χ0) is 32.7. The van der Waals surface area contributed by atoms with Crippen LogP contribution in [0, 0.1) is 17.5 Å². The summed E-state index contributed by atoms with van der Waals surface area (Å²) in [7, 11) is 1.43. The van der Waals surface area contributed by atoms with Crippen molar-refractivity contribution in [1.29, 1.82) is 0 Å². The molecule has 2 fully saturated rings. The average Bonchev–Trinajstić information content (AvgIpc) is 3.52. The second kappa shape index (κ2) is 12.8. The molecule has 3 aromatic carbocycles. The highest BCUT2D eigenvalue weighted by atomic mass is 35.5.